The fourth-order valence-corrected chi connectivity index (χ4v) is 2.14. The summed E-state index contributed by atoms with van der Waals surface area (Å²) in [5, 5.41) is 0. The number of hydrogen-bond donors (Lipinski definition) is 1. The second-order valence-corrected chi connectivity index (χ2v) is 4.09. The second kappa shape index (κ2) is 3.96. The molecule has 0 aromatic carbocycles. The van der Waals surface area contributed by atoms with Gasteiger partial charge >= 0.3 is 0 Å². The Hall–Kier alpha value is -1.84. The van der Waals surface area contributed by atoms with Crippen molar-refractivity contribution in [3.63, 3.8) is 0 Å². The van der Waals surface area contributed by atoms with E-state index in [1.165, 1.54) is 18.5 Å². The van der Waals surface area contributed by atoms with Crippen LogP contribution in [0.4, 0.5) is 5.69 Å². The Balaban J connectivity index is 1.93. The summed E-state index contributed by atoms with van der Waals surface area (Å²) in [6, 6.07) is 2.17. The number of nitrogens with one attached hydrogen (secondary N) is 1. The monoisotopic (exact) mass is 214 g/mol. The van der Waals surface area contributed by atoms with E-state index in [1.54, 1.807) is 6.33 Å². The maximum Gasteiger partial charge on any atom is 0.0924 e. The zero-order valence-corrected chi connectivity index (χ0v) is 9.06. The van der Waals surface area contributed by atoms with Gasteiger partial charge in [0.15, 0.2) is 0 Å². The SMILES string of the molecule is c1ncc(-c2cncc(N3CCCC3)c2)[nH]1. The zero-order valence-electron chi connectivity index (χ0n) is 9.06. The molecular formula is C12H14N4. The van der Waals surface area contributed by atoms with Gasteiger partial charge in [0.25, 0.3) is 0 Å². The molecule has 0 aliphatic carbocycles. The highest BCUT2D eigenvalue weighted by atomic mass is 15.1. The summed E-state index contributed by atoms with van der Waals surface area (Å²) in [7, 11) is 0. The number of anilines is 1. The minimum Gasteiger partial charge on any atom is -0.370 e. The average Bonchev–Trinajstić information content (AvgIpc) is 3.03. The molecule has 0 radical (unpaired) electrons. The Kier molecular flexibility index (Phi) is 2.33. The number of nitrogens with zero attached hydrogens (tertiary/aromatic N) is 3. The summed E-state index contributed by atoms with van der Waals surface area (Å²) in [5.74, 6) is 0. The van der Waals surface area contributed by atoms with E-state index in [1.807, 2.05) is 18.6 Å². The highest BCUT2D eigenvalue weighted by Gasteiger charge is 2.13. The van der Waals surface area contributed by atoms with E-state index in [9.17, 15) is 0 Å². The number of rotatable bonds is 2. The van der Waals surface area contributed by atoms with Crippen LogP contribution in [0.15, 0.2) is 31.0 Å². The van der Waals surface area contributed by atoms with Gasteiger partial charge in [-0.05, 0) is 18.9 Å². The lowest BCUT2D eigenvalue weighted by Gasteiger charge is -2.17. The fraction of sp³-hybridized carbons (Fsp3) is 0.333. The van der Waals surface area contributed by atoms with Gasteiger partial charge in [0.2, 0.25) is 0 Å². The lowest BCUT2D eigenvalue weighted by molar-refractivity contribution is 0.949. The first-order chi connectivity index (χ1) is 7.93. The number of aromatic nitrogens is 3. The van der Waals surface area contributed by atoms with E-state index >= 15 is 0 Å². The molecule has 0 spiro atoms. The normalized spacial score (nSPS) is 15.6. The van der Waals surface area contributed by atoms with Crippen LogP contribution in [0.2, 0.25) is 0 Å². The van der Waals surface area contributed by atoms with E-state index in [-0.39, 0.29) is 0 Å². The van der Waals surface area contributed by atoms with E-state index in [0.29, 0.717) is 0 Å². The first kappa shape index (κ1) is 9.39. The predicted molar refractivity (Wildman–Crippen MR) is 63.3 cm³/mol. The predicted octanol–water partition coefficient (Wildman–Crippen LogP) is 2.07. The van der Waals surface area contributed by atoms with Gasteiger partial charge in [-0.1, -0.05) is 0 Å². The van der Waals surface area contributed by atoms with Crippen LogP contribution in [0.25, 0.3) is 11.3 Å². The Morgan fingerprint density at radius 1 is 1.06 bits per heavy atom. The third-order valence-electron chi connectivity index (χ3n) is 3.00. The molecule has 16 heavy (non-hydrogen) atoms. The van der Waals surface area contributed by atoms with Crippen LogP contribution in [-0.2, 0) is 0 Å². The summed E-state index contributed by atoms with van der Waals surface area (Å²) in [6.45, 7) is 2.29. The Morgan fingerprint density at radius 2 is 1.94 bits per heavy atom. The van der Waals surface area contributed by atoms with Gasteiger partial charge in [-0.25, -0.2) is 4.98 Å². The molecule has 1 saturated heterocycles. The molecule has 1 aliphatic rings. The minimum atomic E-state index is 1.02. The topological polar surface area (TPSA) is 44.8 Å². The average molecular weight is 214 g/mol. The van der Waals surface area contributed by atoms with Crippen molar-refractivity contribution in [2.45, 2.75) is 12.8 Å². The van der Waals surface area contributed by atoms with Gasteiger partial charge in [0.05, 0.1) is 30.1 Å². The highest BCUT2D eigenvalue weighted by Crippen LogP contribution is 2.24. The molecule has 1 aliphatic heterocycles. The smallest absolute Gasteiger partial charge is 0.0924 e. The lowest BCUT2D eigenvalue weighted by Crippen LogP contribution is -2.17. The van der Waals surface area contributed by atoms with Crippen LogP contribution < -0.4 is 4.90 Å². The minimum absolute atomic E-state index is 1.02. The number of hydrogen-bond acceptors (Lipinski definition) is 3. The van der Waals surface area contributed by atoms with Crippen LogP contribution in [0.5, 0.6) is 0 Å². The maximum absolute atomic E-state index is 4.30. The largest absolute Gasteiger partial charge is 0.370 e. The summed E-state index contributed by atoms with van der Waals surface area (Å²) in [5.41, 5.74) is 3.33. The van der Waals surface area contributed by atoms with Gasteiger partial charge in [0.1, 0.15) is 0 Å². The van der Waals surface area contributed by atoms with Crippen LogP contribution in [0.3, 0.4) is 0 Å². The van der Waals surface area contributed by atoms with Crippen molar-refractivity contribution in [3.8, 4) is 11.3 Å². The van der Waals surface area contributed by atoms with Crippen LogP contribution in [0, 0.1) is 0 Å². The number of pyridine rings is 1. The molecule has 2 aromatic rings. The molecule has 0 bridgehead atoms. The fourth-order valence-electron chi connectivity index (χ4n) is 2.14. The molecule has 3 rings (SSSR count). The molecular weight excluding hydrogens is 200 g/mol. The molecule has 82 valence electrons. The van der Waals surface area contributed by atoms with Crippen LogP contribution in [0.1, 0.15) is 12.8 Å². The molecule has 2 aromatic heterocycles. The molecule has 0 saturated carbocycles. The van der Waals surface area contributed by atoms with E-state index < -0.39 is 0 Å². The summed E-state index contributed by atoms with van der Waals surface area (Å²) in [4.78, 5) is 13.8. The van der Waals surface area contributed by atoms with E-state index in [2.05, 4.69) is 25.9 Å². The summed E-state index contributed by atoms with van der Waals surface area (Å²) in [6.07, 6.45) is 9.89. The maximum atomic E-state index is 4.30. The first-order valence-corrected chi connectivity index (χ1v) is 5.62. The summed E-state index contributed by atoms with van der Waals surface area (Å²) < 4.78 is 0. The number of imidazole rings is 1. The summed E-state index contributed by atoms with van der Waals surface area (Å²) >= 11 is 0. The van der Waals surface area contributed by atoms with Gasteiger partial charge in [0, 0.05) is 24.8 Å². The van der Waals surface area contributed by atoms with Gasteiger partial charge in [-0.3, -0.25) is 4.98 Å². The highest BCUT2D eigenvalue weighted by molar-refractivity contribution is 5.63. The molecule has 3 heterocycles. The molecule has 0 amide bonds. The second-order valence-electron chi connectivity index (χ2n) is 4.09. The van der Waals surface area contributed by atoms with Crippen LogP contribution >= 0.6 is 0 Å². The van der Waals surface area contributed by atoms with E-state index in [4.69, 9.17) is 0 Å². The van der Waals surface area contributed by atoms with Crippen molar-refractivity contribution in [2.24, 2.45) is 0 Å². The number of aromatic amines is 1. The van der Waals surface area contributed by atoms with Gasteiger partial charge in [-0.15, -0.1) is 0 Å². The third kappa shape index (κ3) is 1.66. The molecule has 1 N–H and O–H groups in total. The van der Waals surface area contributed by atoms with Crippen molar-refractivity contribution in [1.29, 1.82) is 0 Å². The van der Waals surface area contributed by atoms with Crippen molar-refractivity contribution in [3.05, 3.63) is 31.0 Å². The lowest BCUT2D eigenvalue weighted by atomic mass is 10.2. The molecule has 0 unspecified atom stereocenters. The van der Waals surface area contributed by atoms with Gasteiger partial charge < -0.3 is 9.88 Å². The first-order valence-electron chi connectivity index (χ1n) is 5.62. The van der Waals surface area contributed by atoms with Crippen molar-refractivity contribution in [2.75, 3.05) is 18.0 Å². The zero-order chi connectivity index (χ0) is 10.8. The van der Waals surface area contributed by atoms with Crippen molar-refractivity contribution < 1.29 is 0 Å². The van der Waals surface area contributed by atoms with E-state index in [0.717, 1.165) is 24.3 Å². The molecule has 4 heteroatoms. The Labute approximate surface area is 94.4 Å². The Morgan fingerprint density at radius 3 is 2.69 bits per heavy atom. The standard InChI is InChI=1S/C12H14N4/c1-2-4-16(3-1)11-5-10(6-13-7-11)12-8-14-9-15-12/h5-9H,1-4H2,(H,14,15). The number of H-pyrrole nitrogens is 1. The molecule has 1 fully saturated rings. The van der Waals surface area contributed by atoms with Crippen molar-refractivity contribution in [1.82, 2.24) is 15.0 Å². The van der Waals surface area contributed by atoms with Crippen LogP contribution in [-0.4, -0.2) is 28.0 Å². The van der Waals surface area contributed by atoms with Crippen molar-refractivity contribution >= 4 is 5.69 Å². The Bertz CT molecular complexity index is 458. The molecule has 0 atom stereocenters. The quantitative estimate of drug-likeness (QED) is 0.832. The third-order valence-corrected chi connectivity index (χ3v) is 3.00. The molecule has 4 nitrogen and oxygen atoms in total. The van der Waals surface area contributed by atoms with Gasteiger partial charge in [-0.2, -0.15) is 0 Å².